The van der Waals surface area contributed by atoms with E-state index in [0.717, 1.165) is 12.0 Å². The van der Waals surface area contributed by atoms with Gasteiger partial charge in [-0.25, -0.2) is 0 Å². The highest BCUT2D eigenvalue weighted by atomic mass is 16.5. The molecule has 0 aromatic heterocycles. The van der Waals surface area contributed by atoms with Gasteiger partial charge < -0.3 is 9.84 Å². The van der Waals surface area contributed by atoms with Crippen molar-refractivity contribution in [2.24, 2.45) is 0 Å². The Bertz CT molecular complexity index is 646. The van der Waals surface area contributed by atoms with Crippen LogP contribution in [0, 0.1) is 0 Å². The average molecular weight is 254 g/mol. The number of rotatable bonds is 1. The van der Waals surface area contributed by atoms with Crippen LogP contribution < -0.4 is 4.74 Å². The lowest BCUT2D eigenvalue weighted by atomic mass is 9.88. The SMILES string of the molecule is CC[C@H]1C(=O)c2ccc(O)cc2Oc2ccccc21. The standard InChI is InChI=1S/C16H14O3/c1-2-11-12-5-3-4-6-14(12)19-15-9-10(17)7-8-13(15)16(11)18/h3-9,11,17H,2H2,1H3/t11-/m1/s1. The minimum atomic E-state index is -0.193. The molecule has 0 radical (unpaired) electrons. The summed E-state index contributed by atoms with van der Waals surface area (Å²) in [5, 5.41) is 9.55. The van der Waals surface area contributed by atoms with Crippen LogP contribution in [-0.4, -0.2) is 10.9 Å². The third kappa shape index (κ3) is 1.87. The molecule has 0 saturated carbocycles. The van der Waals surface area contributed by atoms with E-state index in [1.54, 1.807) is 6.07 Å². The summed E-state index contributed by atoms with van der Waals surface area (Å²) in [6.07, 6.45) is 0.722. The van der Waals surface area contributed by atoms with E-state index in [1.165, 1.54) is 12.1 Å². The fourth-order valence-electron chi connectivity index (χ4n) is 2.51. The predicted octanol–water partition coefficient (Wildman–Crippen LogP) is 3.87. The lowest BCUT2D eigenvalue weighted by Gasteiger charge is -2.12. The van der Waals surface area contributed by atoms with Crippen molar-refractivity contribution in [3.63, 3.8) is 0 Å². The Morgan fingerprint density at radius 1 is 1.16 bits per heavy atom. The molecule has 2 aromatic rings. The van der Waals surface area contributed by atoms with Crippen molar-refractivity contribution >= 4 is 5.78 Å². The van der Waals surface area contributed by atoms with Gasteiger partial charge in [0.15, 0.2) is 5.78 Å². The van der Waals surface area contributed by atoms with E-state index in [0.29, 0.717) is 17.1 Å². The number of Topliss-reactive ketones (excluding diaryl/α,β-unsaturated/α-hetero) is 1. The van der Waals surface area contributed by atoms with E-state index in [1.807, 2.05) is 31.2 Å². The Hall–Kier alpha value is -2.29. The second-order valence-corrected chi connectivity index (χ2v) is 4.65. The maximum Gasteiger partial charge on any atom is 0.174 e. The quantitative estimate of drug-likeness (QED) is 0.840. The number of hydrogen-bond donors (Lipinski definition) is 1. The normalized spacial score (nSPS) is 17.1. The lowest BCUT2D eigenvalue weighted by Crippen LogP contribution is -2.10. The van der Waals surface area contributed by atoms with E-state index in [4.69, 9.17) is 4.74 Å². The molecule has 0 saturated heterocycles. The maximum absolute atomic E-state index is 12.6. The van der Waals surface area contributed by atoms with Gasteiger partial charge in [0.2, 0.25) is 0 Å². The number of carbonyl (C=O) groups is 1. The minimum Gasteiger partial charge on any atom is -0.508 e. The molecule has 0 aliphatic carbocycles. The fraction of sp³-hybridized carbons (Fsp3) is 0.188. The molecule has 1 N–H and O–H groups in total. The number of ketones is 1. The molecule has 2 aromatic carbocycles. The largest absolute Gasteiger partial charge is 0.508 e. The summed E-state index contributed by atoms with van der Waals surface area (Å²) in [4.78, 5) is 12.6. The Kier molecular flexibility index (Phi) is 2.75. The first-order chi connectivity index (χ1) is 9.20. The van der Waals surface area contributed by atoms with Crippen molar-refractivity contribution in [1.82, 2.24) is 0 Å². The fourth-order valence-corrected chi connectivity index (χ4v) is 2.51. The number of aromatic hydroxyl groups is 1. The topological polar surface area (TPSA) is 46.5 Å². The predicted molar refractivity (Wildman–Crippen MR) is 72.0 cm³/mol. The number of phenols is 1. The van der Waals surface area contributed by atoms with Gasteiger partial charge in [-0.05, 0) is 24.6 Å². The Morgan fingerprint density at radius 2 is 1.95 bits per heavy atom. The van der Waals surface area contributed by atoms with Gasteiger partial charge in [-0.3, -0.25) is 4.79 Å². The smallest absolute Gasteiger partial charge is 0.174 e. The monoisotopic (exact) mass is 254 g/mol. The molecule has 0 bridgehead atoms. The molecule has 3 nitrogen and oxygen atoms in total. The zero-order valence-corrected chi connectivity index (χ0v) is 10.6. The molecule has 96 valence electrons. The third-order valence-electron chi connectivity index (χ3n) is 3.47. The van der Waals surface area contributed by atoms with Crippen LogP contribution in [0.3, 0.4) is 0 Å². The van der Waals surface area contributed by atoms with Crippen LogP contribution in [0.25, 0.3) is 0 Å². The van der Waals surface area contributed by atoms with Crippen LogP contribution in [0.4, 0.5) is 0 Å². The van der Waals surface area contributed by atoms with Gasteiger partial charge in [-0.2, -0.15) is 0 Å². The molecule has 0 amide bonds. The van der Waals surface area contributed by atoms with Crippen LogP contribution in [0.1, 0.15) is 35.2 Å². The van der Waals surface area contributed by atoms with E-state index in [2.05, 4.69) is 0 Å². The number of carbonyl (C=O) groups excluding carboxylic acids is 1. The van der Waals surface area contributed by atoms with Crippen molar-refractivity contribution in [1.29, 1.82) is 0 Å². The van der Waals surface area contributed by atoms with Crippen LogP contribution in [0.15, 0.2) is 42.5 Å². The van der Waals surface area contributed by atoms with Crippen molar-refractivity contribution in [2.75, 3.05) is 0 Å². The molecular weight excluding hydrogens is 240 g/mol. The second kappa shape index (κ2) is 4.43. The Labute approximate surface area is 111 Å². The second-order valence-electron chi connectivity index (χ2n) is 4.65. The molecular formula is C16H14O3. The molecule has 0 spiro atoms. The molecule has 3 rings (SSSR count). The van der Waals surface area contributed by atoms with Crippen LogP contribution >= 0.6 is 0 Å². The van der Waals surface area contributed by atoms with Crippen molar-refractivity contribution in [2.45, 2.75) is 19.3 Å². The van der Waals surface area contributed by atoms with Gasteiger partial charge in [0, 0.05) is 11.6 Å². The zero-order valence-electron chi connectivity index (χ0n) is 10.6. The minimum absolute atomic E-state index is 0.0439. The summed E-state index contributed by atoms with van der Waals surface area (Å²) >= 11 is 0. The van der Waals surface area contributed by atoms with Gasteiger partial charge in [-0.15, -0.1) is 0 Å². The maximum atomic E-state index is 12.6. The molecule has 0 fully saturated rings. The summed E-state index contributed by atoms with van der Waals surface area (Å²) in [7, 11) is 0. The molecule has 19 heavy (non-hydrogen) atoms. The van der Waals surface area contributed by atoms with Gasteiger partial charge in [0.05, 0.1) is 11.5 Å². The van der Waals surface area contributed by atoms with E-state index < -0.39 is 0 Å². The van der Waals surface area contributed by atoms with Crippen molar-refractivity contribution in [3.8, 4) is 17.2 Å². The third-order valence-corrected chi connectivity index (χ3v) is 3.47. The summed E-state index contributed by atoms with van der Waals surface area (Å²) in [6, 6.07) is 12.2. The Morgan fingerprint density at radius 3 is 2.74 bits per heavy atom. The van der Waals surface area contributed by atoms with Gasteiger partial charge in [-0.1, -0.05) is 25.1 Å². The highest BCUT2D eigenvalue weighted by Gasteiger charge is 2.29. The van der Waals surface area contributed by atoms with E-state index in [-0.39, 0.29) is 17.5 Å². The highest BCUT2D eigenvalue weighted by Crippen LogP contribution is 2.41. The first-order valence-electron chi connectivity index (χ1n) is 6.34. The summed E-state index contributed by atoms with van der Waals surface area (Å²) in [5.74, 6) is 1.06. The number of hydrogen-bond acceptors (Lipinski definition) is 3. The number of ether oxygens (including phenoxy) is 1. The van der Waals surface area contributed by atoms with Crippen molar-refractivity contribution in [3.05, 3.63) is 53.6 Å². The highest BCUT2D eigenvalue weighted by molar-refractivity contribution is 6.04. The van der Waals surface area contributed by atoms with Gasteiger partial charge in [0.1, 0.15) is 17.2 Å². The molecule has 1 aliphatic rings. The first-order valence-corrected chi connectivity index (χ1v) is 6.34. The first kappa shape index (κ1) is 11.8. The summed E-state index contributed by atoms with van der Waals surface area (Å²) < 4.78 is 5.80. The molecule has 0 unspecified atom stereocenters. The number of fused-ring (bicyclic) bond motifs is 2. The summed E-state index contributed by atoms with van der Waals surface area (Å²) in [5.41, 5.74) is 1.44. The molecule has 1 aliphatic heterocycles. The van der Waals surface area contributed by atoms with E-state index in [9.17, 15) is 9.90 Å². The van der Waals surface area contributed by atoms with Crippen LogP contribution in [0.5, 0.6) is 17.2 Å². The lowest BCUT2D eigenvalue weighted by molar-refractivity contribution is 0.0958. The average Bonchev–Trinajstić information content (AvgIpc) is 2.52. The Balaban J connectivity index is 2.23. The van der Waals surface area contributed by atoms with Crippen molar-refractivity contribution < 1.29 is 14.6 Å². The van der Waals surface area contributed by atoms with Gasteiger partial charge >= 0.3 is 0 Å². The molecule has 3 heteroatoms. The zero-order chi connectivity index (χ0) is 13.4. The summed E-state index contributed by atoms with van der Waals surface area (Å²) in [6.45, 7) is 1.99. The number of phenolic OH excluding ortho intramolecular Hbond substituents is 1. The van der Waals surface area contributed by atoms with E-state index >= 15 is 0 Å². The number of para-hydroxylation sites is 1. The number of benzene rings is 2. The molecule has 1 heterocycles. The van der Waals surface area contributed by atoms with Crippen LogP contribution in [-0.2, 0) is 0 Å². The molecule has 1 atom stereocenters. The van der Waals surface area contributed by atoms with Crippen LogP contribution in [0.2, 0.25) is 0 Å². The van der Waals surface area contributed by atoms with Gasteiger partial charge in [0.25, 0.3) is 0 Å².